The van der Waals surface area contributed by atoms with Crippen molar-refractivity contribution in [2.75, 3.05) is 0 Å². The average Bonchev–Trinajstić information content (AvgIpc) is 3.13. The van der Waals surface area contributed by atoms with Gasteiger partial charge in [0.2, 0.25) is 0 Å². The first kappa shape index (κ1) is 23.4. The van der Waals surface area contributed by atoms with Gasteiger partial charge in [0.15, 0.2) is 0 Å². The van der Waals surface area contributed by atoms with E-state index in [0.717, 1.165) is 63.8 Å². The number of hydrogen-bond acceptors (Lipinski definition) is 4. The Morgan fingerprint density at radius 2 is 1.53 bits per heavy atom. The molecule has 0 heterocycles. The maximum atomic E-state index is 12.5. The van der Waals surface area contributed by atoms with E-state index in [-0.39, 0.29) is 46.3 Å². The van der Waals surface area contributed by atoms with Crippen LogP contribution in [-0.2, 0) is 19.2 Å². The molecule has 1 N–H and O–H groups in total. The van der Waals surface area contributed by atoms with Crippen molar-refractivity contribution >= 4 is 24.8 Å². The van der Waals surface area contributed by atoms with Crippen LogP contribution < -0.4 is 0 Å². The second-order valence-corrected chi connectivity index (χ2v) is 11.8. The Balaban J connectivity index is 1.69. The molecule has 0 aromatic carbocycles. The van der Waals surface area contributed by atoms with Gasteiger partial charge in [0.05, 0.1) is 0 Å². The van der Waals surface area contributed by atoms with Gasteiger partial charge in [0, 0.05) is 23.8 Å². The molecule has 11 atom stereocenters. The van der Waals surface area contributed by atoms with Crippen LogP contribution in [0.3, 0.4) is 0 Å². The molecular formula is C27H38O5. The van der Waals surface area contributed by atoms with Gasteiger partial charge in [0.25, 0.3) is 0 Å². The standard InChI is InChI=1S/C27H38O5/c1-16(4-7-24(31)32)20-5-6-21-25-19(15-30)18(14-29)23-12-17(13-28)8-10-27(23,3)22(25)9-11-26(20,21)2/h4,7,13-23,25H,5-6,8-12H2,1-3H3,(H,31,32)/b7-4+/t16-,17-,18-,19+,20-,21+,22+,23+,25+,26-,27-/m1/s1. The monoisotopic (exact) mass is 442 g/mol. The van der Waals surface area contributed by atoms with Crippen molar-refractivity contribution in [3.63, 3.8) is 0 Å². The third-order valence-electron chi connectivity index (χ3n) is 10.7. The van der Waals surface area contributed by atoms with Crippen molar-refractivity contribution in [2.45, 2.75) is 65.7 Å². The van der Waals surface area contributed by atoms with E-state index >= 15 is 0 Å². The van der Waals surface area contributed by atoms with Crippen molar-refractivity contribution in [3.8, 4) is 0 Å². The van der Waals surface area contributed by atoms with Crippen molar-refractivity contribution in [1.29, 1.82) is 0 Å². The molecular weight excluding hydrogens is 404 g/mol. The second kappa shape index (κ2) is 8.53. The summed E-state index contributed by atoms with van der Waals surface area (Å²) in [6.07, 6.45) is 13.0. The summed E-state index contributed by atoms with van der Waals surface area (Å²) < 4.78 is 0. The van der Waals surface area contributed by atoms with Gasteiger partial charge in [-0.25, -0.2) is 4.79 Å². The SMILES string of the molecule is C[C@H](/C=C/C(=O)O)[C@H]1CC[C@H]2[C@@H]3[C@@H](C=O)[C@@H](C=O)[C@@H]4C[C@H](C=O)CC[C@]4(C)[C@H]3CC[C@]12C. The van der Waals surface area contributed by atoms with Gasteiger partial charge in [0.1, 0.15) is 18.9 Å². The molecule has 4 saturated carbocycles. The summed E-state index contributed by atoms with van der Waals surface area (Å²) in [7, 11) is 0. The van der Waals surface area contributed by atoms with Crippen LogP contribution in [-0.4, -0.2) is 29.9 Å². The lowest BCUT2D eigenvalue weighted by Crippen LogP contribution is -2.60. The zero-order valence-corrected chi connectivity index (χ0v) is 19.6. The highest BCUT2D eigenvalue weighted by Gasteiger charge is 2.65. The molecule has 0 amide bonds. The van der Waals surface area contributed by atoms with Crippen molar-refractivity contribution in [2.24, 2.45) is 64.1 Å². The smallest absolute Gasteiger partial charge is 0.327 e. The Morgan fingerprint density at radius 3 is 2.16 bits per heavy atom. The van der Waals surface area contributed by atoms with E-state index in [9.17, 15) is 19.2 Å². The quantitative estimate of drug-likeness (QED) is 0.480. The van der Waals surface area contributed by atoms with Gasteiger partial charge < -0.3 is 19.5 Å². The summed E-state index contributed by atoms with van der Waals surface area (Å²) in [5, 5.41) is 9.07. The molecule has 0 radical (unpaired) electrons. The van der Waals surface area contributed by atoms with Crippen LogP contribution in [0.4, 0.5) is 0 Å². The molecule has 4 aliphatic rings. The summed E-state index contributed by atoms with van der Waals surface area (Å²) in [6, 6.07) is 0. The highest BCUT2D eigenvalue weighted by atomic mass is 16.4. The molecule has 0 saturated heterocycles. The lowest BCUT2D eigenvalue weighted by Gasteiger charge is -2.64. The fourth-order valence-electron chi connectivity index (χ4n) is 9.24. The van der Waals surface area contributed by atoms with Gasteiger partial charge in [-0.2, -0.15) is 0 Å². The first-order valence-corrected chi connectivity index (χ1v) is 12.5. The van der Waals surface area contributed by atoms with Crippen LogP contribution in [0.5, 0.6) is 0 Å². The number of aliphatic carboxylic acids is 1. The van der Waals surface area contributed by atoms with E-state index in [4.69, 9.17) is 5.11 Å². The molecule has 0 spiro atoms. The third kappa shape index (κ3) is 3.42. The minimum atomic E-state index is -0.910. The number of carboxylic acid groups (broad SMARTS) is 1. The maximum Gasteiger partial charge on any atom is 0.327 e. The number of hydrogen-bond donors (Lipinski definition) is 1. The van der Waals surface area contributed by atoms with E-state index in [1.54, 1.807) is 0 Å². The number of carboxylic acids is 1. The van der Waals surface area contributed by atoms with E-state index in [0.29, 0.717) is 17.8 Å². The largest absolute Gasteiger partial charge is 0.478 e. The van der Waals surface area contributed by atoms with E-state index in [1.165, 1.54) is 6.08 Å². The van der Waals surface area contributed by atoms with Gasteiger partial charge in [-0.1, -0.05) is 26.8 Å². The van der Waals surface area contributed by atoms with Gasteiger partial charge in [-0.15, -0.1) is 0 Å². The summed E-state index contributed by atoms with van der Waals surface area (Å²) in [4.78, 5) is 47.5. The Morgan fingerprint density at radius 1 is 0.875 bits per heavy atom. The molecule has 0 aromatic rings. The number of carbonyl (C=O) groups is 4. The molecule has 4 rings (SSSR count). The Kier molecular flexibility index (Phi) is 6.23. The molecule has 32 heavy (non-hydrogen) atoms. The van der Waals surface area contributed by atoms with Crippen LogP contribution in [0.15, 0.2) is 12.2 Å². The normalized spacial score (nSPS) is 48.8. The average molecular weight is 443 g/mol. The van der Waals surface area contributed by atoms with Crippen LogP contribution in [0, 0.1) is 64.1 Å². The molecule has 0 aromatic heterocycles. The van der Waals surface area contributed by atoms with Crippen LogP contribution in [0.2, 0.25) is 0 Å². The number of fused-ring (bicyclic) bond motifs is 5. The fourth-order valence-corrected chi connectivity index (χ4v) is 9.24. The molecule has 4 aliphatic carbocycles. The topological polar surface area (TPSA) is 88.5 Å². The molecule has 0 unspecified atom stereocenters. The molecule has 0 bridgehead atoms. The highest BCUT2D eigenvalue weighted by molar-refractivity contribution is 5.79. The van der Waals surface area contributed by atoms with Crippen LogP contribution in [0.1, 0.15) is 65.7 Å². The Hall–Kier alpha value is -1.78. The molecule has 5 heteroatoms. The maximum absolute atomic E-state index is 12.5. The summed E-state index contributed by atoms with van der Waals surface area (Å²) >= 11 is 0. The molecule has 176 valence electrons. The van der Waals surface area contributed by atoms with Crippen LogP contribution in [0.25, 0.3) is 0 Å². The third-order valence-corrected chi connectivity index (χ3v) is 10.7. The Bertz CT molecular complexity index is 804. The Labute approximate surface area is 191 Å². The van der Waals surface area contributed by atoms with Crippen molar-refractivity contribution < 1.29 is 24.3 Å². The summed E-state index contributed by atoms with van der Waals surface area (Å²) in [5.41, 5.74) is 0.0603. The van der Waals surface area contributed by atoms with E-state index in [1.807, 2.05) is 6.08 Å². The van der Waals surface area contributed by atoms with Gasteiger partial charge >= 0.3 is 5.97 Å². The number of carbonyl (C=O) groups excluding carboxylic acids is 3. The minimum absolute atomic E-state index is 0.00348. The minimum Gasteiger partial charge on any atom is -0.478 e. The zero-order chi connectivity index (χ0) is 23.3. The van der Waals surface area contributed by atoms with E-state index < -0.39 is 5.97 Å². The number of rotatable bonds is 6. The van der Waals surface area contributed by atoms with Gasteiger partial charge in [-0.3, -0.25) is 0 Å². The number of aldehydes is 3. The molecule has 4 fully saturated rings. The van der Waals surface area contributed by atoms with Crippen molar-refractivity contribution in [3.05, 3.63) is 12.2 Å². The van der Waals surface area contributed by atoms with Crippen molar-refractivity contribution in [1.82, 2.24) is 0 Å². The predicted octanol–water partition coefficient (Wildman–Crippen LogP) is 4.59. The first-order valence-electron chi connectivity index (χ1n) is 12.5. The predicted molar refractivity (Wildman–Crippen MR) is 121 cm³/mol. The summed E-state index contributed by atoms with van der Waals surface area (Å²) in [6.45, 7) is 6.81. The lowest BCUT2D eigenvalue weighted by molar-refractivity contribution is -0.175. The second-order valence-electron chi connectivity index (χ2n) is 11.8. The number of allylic oxidation sites excluding steroid dienone is 1. The fraction of sp³-hybridized carbons (Fsp3) is 0.778. The molecule has 0 aliphatic heterocycles. The lowest BCUT2D eigenvalue weighted by atomic mass is 9.40. The molecule has 5 nitrogen and oxygen atoms in total. The van der Waals surface area contributed by atoms with Crippen LogP contribution >= 0.6 is 0 Å². The van der Waals surface area contributed by atoms with Gasteiger partial charge in [-0.05, 0) is 91.3 Å². The zero-order valence-electron chi connectivity index (χ0n) is 19.6. The summed E-state index contributed by atoms with van der Waals surface area (Å²) in [5.74, 6) is 0.195. The van der Waals surface area contributed by atoms with E-state index in [2.05, 4.69) is 20.8 Å². The highest BCUT2D eigenvalue weighted by Crippen LogP contribution is 2.70. The first-order chi connectivity index (χ1) is 15.2.